The lowest BCUT2D eigenvalue weighted by Gasteiger charge is -2.15. The number of hydrogen-bond donors (Lipinski definition) is 2. The smallest absolute Gasteiger partial charge is 0.263 e. The number of aryl methyl sites for hydroxylation is 1. The van der Waals surface area contributed by atoms with Crippen LogP contribution in [-0.2, 0) is 16.1 Å². The number of carbonyl (C=O) groups is 1. The summed E-state index contributed by atoms with van der Waals surface area (Å²) in [6, 6.07) is 8.03. The Hall–Kier alpha value is -1.92. The zero-order valence-electron chi connectivity index (χ0n) is 11.4. The molecule has 1 aliphatic rings. The van der Waals surface area contributed by atoms with Crippen LogP contribution in [0, 0.1) is 6.92 Å². The maximum Gasteiger partial charge on any atom is 0.263 e. The number of hydrogen-bond acceptors (Lipinski definition) is 4. The van der Waals surface area contributed by atoms with Crippen LogP contribution in [0.1, 0.15) is 18.7 Å². The van der Waals surface area contributed by atoms with Crippen molar-refractivity contribution in [1.82, 2.24) is 15.0 Å². The van der Waals surface area contributed by atoms with E-state index < -0.39 is 6.10 Å². The topological polar surface area (TPSA) is 82.2 Å². The number of fused-ring (bicyclic) bond motifs is 1. The summed E-state index contributed by atoms with van der Waals surface area (Å²) in [7, 11) is 0. The number of amides is 1. The lowest BCUT2D eigenvalue weighted by Crippen LogP contribution is -2.39. The normalized spacial score (nSPS) is 22.3. The highest BCUT2D eigenvalue weighted by Gasteiger charge is 2.30. The molecule has 0 aliphatic carbocycles. The van der Waals surface area contributed by atoms with Crippen molar-refractivity contribution in [3.05, 3.63) is 30.1 Å². The molecule has 0 bridgehead atoms. The van der Waals surface area contributed by atoms with E-state index in [4.69, 9.17) is 10.6 Å². The lowest BCUT2D eigenvalue weighted by molar-refractivity contribution is -0.132. The molecule has 20 heavy (non-hydrogen) atoms. The molecule has 0 saturated carbocycles. The van der Waals surface area contributed by atoms with Crippen LogP contribution >= 0.6 is 0 Å². The predicted octanol–water partition coefficient (Wildman–Crippen LogP) is 0.882. The number of nitrogens with one attached hydrogen (secondary N) is 1. The maximum atomic E-state index is 11.5. The van der Waals surface area contributed by atoms with Crippen molar-refractivity contribution >= 4 is 16.9 Å². The average molecular weight is 274 g/mol. The minimum Gasteiger partial charge on any atom is -0.363 e. The number of nitrogens with two attached hydrogens (primary N) is 1. The number of hydrazine groups is 1. The number of nitrogens with zero attached hydrogens (tertiary/aromatic N) is 2. The van der Waals surface area contributed by atoms with Crippen LogP contribution in [-0.4, -0.2) is 27.7 Å². The summed E-state index contributed by atoms with van der Waals surface area (Å²) in [6.07, 6.45) is 1.15. The molecule has 2 aromatic rings. The van der Waals surface area contributed by atoms with E-state index in [2.05, 4.69) is 15.0 Å². The molecule has 2 unspecified atom stereocenters. The number of aromatic nitrogens is 2. The van der Waals surface area contributed by atoms with Crippen LogP contribution in [0.25, 0.3) is 11.0 Å². The Bertz CT molecular complexity index is 637. The fraction of sp³-hybridized carbons (Fsp3) is 0.429. The molecule has 0 radical (unpaired) electrons. The van der Waals surface area contributed by atoms with E-state index in [0.29, 0.717) is 13.0 Å². The van der Waals surface area contributed by atoms with Gasteiger partial charge in [0.15, 0.2) is 0 Å². The molecule has 2 atom stereocenters. The molecule has 1 saturated heterocycles. The second-order valence-corrected chi connectivity index (χ2v) is 5.09. The molecule has 2 heterocycles. The molecular weight excluding hydrogens is 256 g/mol. The first-order chi connectivity index (χ1) is 9.69. The molecular formula is C14H18N4O2. The lowest BCUT2D eigenvalue weighted by atomic mass is 10.2. The Morgan fingerprint density at radius 3 is 3.10 bits per heavy atom. The molecule has 1 aromatic carbocycles. The Labute approximate surface area is 116 Å². The summed E-state index contributed by atoms with van der Waals surface area (Å²) in [4.78, 5) is 16.0. The Balaban J connectivity index is 1.78. The molecule has 6 heteroatoms. The monoisotopic (exact) mass is 274 g/mol. The fourth-order valence-corrected chi connectivity index (χ4v) is 2.76. The SMILES string of the molecule is Cc1nc2ccccc2n1CC1CCC(C(=O)NN)O1. The Kier molecular flexibility index (Phi) is 3.42. The minimum atomic E-state index is -0.430. The van der Waals surface area contributed by atoms with Gasteiger partial charge in [-0.15, -0.1) is 0 Å². The summed E-state index contributed by atoms with van der Waals surface area (Å²) in [6.45, 7) is 2.69. The van der Waals surface area contributed by atoms with Gasteiger partial charge in [0, 0.05) is 0 Å². The molecule has 3 N–H and O–H groups in total. The van der Waals surface area contributed by atoms with Gasteiger partial charge in [-0.05, 0) is 31.9 Å². The molecule has 1 fully saturated rings. The van der Waals surface area contributed by atoms with Gasteiger partial charge < -0.3 is 9.30 Å². The van der Waals surface area contributed by atoms with Crippen molar-refractivity contribution in [2.75, 3.05) is 0 Å². The number of para-hydroxylation sites is 2. The van der Waals surface area contributed by atoms with E-state index in [0.717, 1.165) is 23.3 Å². The minimum absolute atomic E-state index is 0.0219. The highest BCUT2D eigenvalue weighted by atomic mass is 16.5. The third-order valence-electron chi connectivity index (χ3n) is 3.77. The molecule has 3 rings (SSSR count). The van der Waals surface area contributed by atoms with Gasteiger partial charge in [0.05, 0.1) is 23.7 Å². The summed E-state index contributed by atoms with van der Waals surface area (Å²) < 4.78 is 7.89. The van der Waals surface area contributed by atoms with Crippen molar-refractivity contribution in [3.63, 3.8) is 0 Å². The standard InChI is InChI=1S/C14H18N4O2/c1-9-16-11-4-2-3-5-12(11)18(9)8-10-6-7-13(20-10)14(19)17-15/h2-5,10,13H,6-8,15H2,1H3,(H,17,19). The Morgan fingerprint density at radius 2 is 2.30 bits per heavy atom. The van der Waals surface area contributed by atoms with Crippen molar-refractivity contribution in [2.24, 2.45) is 5.84 Å². The van der Waals surface area contributed by atoms with E-state index in [9.17, 15) is 4.79 Å². The van der Waals surface area contributed by atoms with Gasteiger partial charge >= 0.3 is 0 Å². The zero-order valence-corrected chi connectivity index (χ0v) is 11.4. The fourth-order valence-electron chi connectivity index (χ4n) is 2.76. The van der Waals surface area contributed by atoms with Crippen LogP contribution in [0.5, 0.6) is 0 Å². The van der Waals surface area contributed by atoms with Gasteiger partial charge in [-0.3, -0.25) is 10.2 Å². The summed E-state index contributed by atoms with van der Waals surface area (Å²) in [5.74, 6) is 5.85. The summed E-state index contributed by atoms with van der Waals surface area (Å²) >= 11 is 0. The zero-order chi connectivity index (χ0) is 14.1. The molecule has 106 valence electrons. The van der Waals surface area contributed by atoms with Crippen LogP contribution in [0.4, 0.5) is 0 Å². The van der Waals surface area contributed by atoms with Crippen molar-refractivity contribution in [2.45, 2.75) is 38.5 Å². The van der Waals surface area contributed by atoms with Gasteiger partial charge in [0.2, 0.25) is 0 Å². The predicted molar refractivity (Wildman–Crippen MR) is 74.7 cm³/mol. The first-order valence-electron chi connectivity index (χ1n) is 6.77. The van der Waals surface area contributed by atoms with E-state index in [1.165, 1.54) is 0 Å². The highest BCUT2D eigenvalue weighted by Crippen LogP contribution is 2.24. The molecule has 1 amide bonds. The van der Waals surface area contributed by atoms with Crippen LogP contribution in [0.2, 0.25) is 0 Å². The second-order valence-electron chi connectivity index (χ2n) is 5.09. The van der Waals surface area contributed by atoms with Crippen LogP contribution in [0.15, 0.2) is 24.3 Å². The van der Waals surface area contributed by atoms with Crippen molar-refractivity contribution in [3.8, 4) is 0 Å². The number of rotatable bonds is 3. The van der Waals surface area contributed by atoms with Crippen LogP contribution < -0.4 is 11.3 Å². The first kappa shape index (κ1) is 13.1. The van der Waals surface area contributed by atoms with Gasteiger partial charge in [0.25, 0.3) is 5.91 Å². The number of ether oxygens (including phenoxy) is 1. The van der Waals surface area contributed by atoms with Crippen LogP contribution in [0.3, 0.4) is 0 Å². The average Bonchev–Trinajstić information content (AvgIpc) is 3.04. The van der Waals surface area contributed by atoms with Gasteiger partial charge in [-0.25, -0.2) is 10.8 Å². The summed E-state index contributed by atoms with van der Waals surface area (Å²) in [5, 5.41) is 0. The quantitative estimate of drug-likeness (QED) is 0.494. The second kappa shape index (κ2) is 5.22. The number of carbonyl (C=O) groups excluding carboxylic acids is 1. The van der Waals surface area contributed by atoms with Gasteiger partial charge in [-0.1, -0.05) is 12.1 Å². The first-order valence-corrected chi connectivity index (χ1v) is 6.77. The molecule has 0 spiro atoms. The number of imidazole rings is 1. The van der Waals surface area contributed by atoms with E-state index in [1.54, 1.807) is 0 Å². The van der Waals surface area contributed by atoms with Gasteiger partial charge in [0.1, 0.15) is 11.9 Å². The molecule has 6 nitrogen and oxygen atoms in total. The largest absolute Gasteiger partial charge is 0.363 e. The van der Waals surface area contributed by atoms with Gasteiger partial charge in [-0.2, -0.15) is 0 Å². The summed E-state index contributed by atoms with van der Waals surface area (Å²) in [5.41, 5.74) is 4.23. The van der Waals surface area contributed by atoms with Crippen molar-refractivity contribution in [1.29, 1.82) is 0 Å². The maximum absolute atomic E-state index is 11.5. The van der Waals surface area contributed by atoms with E-state index >= 15 is 0 Å². The third-order valence-corrected chi connectivity index (χ3v) is 3.77. The molecule has 1 aliphatic heterocycles. The highest BCUT2D eigenvalue weighted by molar-refractivity contribution is 5.80. The molecule has 1 aromatic heterocycles. The third kappa shape index (κ3) is 2.28. The van der Waals surface area contributed by atoms with E-state index in [1.807, 2.05) is 31.2 Å². The van der Waals surface area contributed by atoms with E-state index in [-0.39, 0.29) is 12.0 Å². The number of benzene rings is 1. The van der Waals surface area contributed by atoms with Crippen molar-refractivity contribution < 1.29 is 9.53 Å². The Morgan fingerprint density at radius 1 is 1.50 bits per heavy atom.